The number of aliphatic hydroxyl groups excluding tert-OH is 1. The van der Waals surface area contributed by atoms with Crippen molar-refractivity contribution in [1.29, 1.82) is 0 Å². The molecule has 2 N–H and O–H groups in total. The smallest absolute Gasteiger partial charge is 0.0524 e. The zero-order valence-corrected chi connectivity index (χ0v) is 5.98. The summed E-state index contributed by atoms with van der Waals surface area (Å²) in [5.41, 5.74) is 0. The van der Waals surface area contributed by atoms with Gasteiger partial charge in [-0.3, -0.25) is 4.21 Å². The molecule has 0 radical (unpaired) electrons. The Labute approximate surface area is 56.7 Å². The maximum Gasteiger partial charge on any atom is 0.0524 e. The third-order valence-corrected chi connectivity index (χ3v) is 1.22. The van der Waals surface area contributed by atoms with Gasteiger partial charge in [0.1, 0.15) is 0 Å². The molecule has 0 aromatic carbocycles. The minimum absolute atomic E-state index is 0.299. The first-order chi connectivity index (χ1) is 4.13. The molecule has 0 aliphatic rings. The van der Waals surface area contributed by atoms with Gasteiger partial charge in [0, 0.05) is 17.8 Å². The molecule has 0 saturated heterocycles. The van der Waals surface area contributed by atoms with Crippen LogP contribution in [-0.2, 0) is 11.3 Å². The normalized spacial score (nSPS) is 17.2. The number of hydrogen-bond donors (Lipinski definition) is 2. The van der Waals surface area contributed by atoms with Crippen LogP contribution >= 0.6 is 0 Å². The molecular weight excluding hydrogens is 142 g/mol. The molecule has 0 rings (SSSR count). The first kappa shape index (κ1) is 9.03. The third-order valence-electron chi connectivity index (χ3n) is 0.782. The Hall–Kier alpha value is 0.0300. The van der Waals surface area contributed by atoms with Crippen LogP contribution in [-0.4, -0.2) is 26.5 Å². The monoisotopic (exact) mass is 152 g/mol. The molecule has 0 aliphatic heterocycles. The zero-order valence-electron chi connectivity index (χ0n) is 5.16. The number of rotatable bonds is 4. The zero-order chi connectivity index (χ0) is 7.28. The summed E-state index contributed by atoms with van der Waals surface area (Å²) in [6, 6.07) is 0. The molecule has 0 aliphatic carbocycles. The number of aliphatic hydroxyl groups is 1. The Kier molecular flexibility index (Phi) is 4.88. The lowest BCUT2D eigenvalue weighted by atomic mass is 10.3. The molecule has 56 valence electrons. The summed E-state index contributed by atoms with van der Waals surface area (Å²) in [7, 11) is 0. The van der Waals surface area contributed by atoms with Crippen molar-refractivity contribution in [1.82, 2.24) is 4.72 Å². The van der Waals surface area contributed by atoms with E-state index in [1.807, 2.05) is 0 Å². The number of hydrogen-bond acceptors (Lipinski definition) is 3. The average molecular weight is 152 g/mol. The van der Waals surface area contributed by atoms with E-state index in [1.165, 1.54) is 0 Å². The fraction of sp³-hybridized carbons (Fsp3) is 1.00. The van der Waals surface area contributed by atoms with Crippen molar-refractivity contribution in [3.8, 4) is 0 Å². The van der Waals surface area contributed by atoms with Crippen LogP contribution in [0.3, 0.4) is 0 Å². The van der Waals surface area contributed by atoms with Crippen molar-refractivity contribution in [3.63, 3.8) is 0 Å². The first-order valence-corrected chi connectivity index (χ1v) is 3.71. The van der Waals surface area contributed by atoms with Crippen LogP contribution in [0.15, 0.2) is 0 Å². The molecule has 0 saturated carbocycles. The van der Waals surface area contributed by atoms with Crippen molar-refractivity contribution in [2.45, 2.75) is 19.4 Å². The minimum Gasteiger partial charge on any atom is -0.760 e. The fourth-order valence-electron chi connectivity index (χ4n) is 0.351. The van der Waals surface area contributed by atoms with Gasteiger partial charge in [-0.2, -0.15) is 0 Å². The lowest BCUT2D eigenvalue weighted by Crippen LogP contribution is -2.20. The maximum atomic E-state index is 9.79. The highest BCUT2D eigenvalue weighted by Gasteiger charge is 1.92. The van der Waals surface area contributed by atoms with E-state index in [-0.39, 0.29) is 0 Å². The fourth-order valence-corrected chi connectivity index (χ4v) is 0.636. The van der Waals surface area contributed by atoms with Crippen molar-refractivity contribution in [2.75, 3.05) is 6.54 Å². The summed E-state index contributed by atoms with van der Waals surface area (Å²) >= 11 is -2.19. The van der Waals surface area contributed by atoms with Crippen molar-refractivity contribution in [2.24, 2.45) is 0 Å². The quantitative estimate of drug-likeness (QED) is 0.515. The standard InChI is InChI=1S/C4H11NO3S/c1-4(6)2-3-5-9(7)8/h4-6H,2-3H2,1H3,(H,7,8)/p-1. The number of nitrogens with one attached hydrogen (secondary N) is 1. The van der Waals surface area contributed by atoms with E-state index in [2.05, 4.69) is 4.72 Å². The largest absolute Gasteiger partial charge is 0.760 e. The molecule has 9 heavy (non-hydrogen) atoms. The second-order valence-corrected chi connectivity index (χ2v) is 2.52. The molecule has 2 unspecified atom stereocenters. The summed E-state index contributed by atoms with van der Waals surface area (Å²) < 4.78 is 21.7. The van der Waals surface area contributed by atoms with Crippen molar-refractivity contribution < 1.29 is 13.9 Å². The highest BCUT2D eigenvalue weighted by molar-refractivity contribution is 7.77. The van der Waals surface area contributed by atoms with Gasteiger partial charge < -0.3 is 9.66 Å². The molecule has 0 fully saturated rings. The predicted octanol–water partition coefficient (Wildman–Crippen LogP) is -0.859. The molecule has 0 amide bonds. The van der Waals surface area contributed by atoms with Gasteiger partial charge in [-0.1, -0.05) is 0 Å². The van der Waals surface area contributed by atoms with Crippen LogP contribution < -0.4 is 4.72 Å². The van der Waals surface area contributed by atoms with E-state index in [9.17, 15) is 8.76 Å². The Balaban J connectivity index is 3.01. The second kappa shape index (κ2) is 4.87. The van der Waals surface area contributed by atoms with Crippen LogP contribution in [0.5, 0.6) is 0 Å². The SMILES string of the molecule is CC(O)CCNS(=O)[O-]. The van der Waals surface area contributed by atoms with Gasteiger partial charge >= 0.3 is 0 Å². The van der Waals surface area contributed by atoms with E-state index in [1.54, 1.807) is 6.92 Å². The molecular formula is C4H10NO3S-. The highest BCUT2D eigenvalue weighted by atomic mass is 32.2. The van der Waals surface area contributed by atoms with E-state index in [4.69, 9.17) is 5.11 Å². The Morgan fingerprint density at radius 3 is 2.78 bits per heavy atom. The first-order valence-electron chi connectivity index (χ1n) is 2.63. The topological polar surface area (TPSA) is 72.4 Å². The van der Waals surface area contributed by atoms with Crippen LogP contribution in [0.25, 0.3) is 0 Å². The van der Waals surface area contributed by atoms with E-state index < -0.39 is 17.4 Å². The van der Waals surface area contributed by atoms with E-state index in [0.717, 1.165) is 0 Å². The average Bonchev–Trinajstić information content (AvgIpc) is 1.63. The molecule has 0 aromatic heterocycles. The summed E-state index contributed by atoms with van der Waals surface area (Å²) in [6.07, 6.45) is 0.00889. The summed E-state index contributed by atoms with van der Waals surface area (Å²) in [5, 5.41) is 8.62. The van der Waals surface area contributed by atoms with Crippen LogP contribution in [0.1, 0.15) is 13.3 Å². The lowest BCUT2D eigenvalue weighted by molar-refractivity contribution is 0.186. The van der Waals surface area contributed by atoms with Gasteiger partial charge in [0.2, 0.25) is 0 Å². The molecule has 0 bridgehead atoms. The van der Waals surface area contributed by atoms with Gasteiger partial charge in [-0.05, 0) is 13.3 Å². The van der Waals surface area contributed by atoms with Crippen LogP contribution in [0.4, 0.5) is 0 Å². The van der Waals surface area contributed by atoms with Gasteiger partial charge in [0.15, 0.2) is 0 Å². The van der Waals surface area contributed by atoms with E-state index >= 15 is 0 Å². The van der Waals surface area contributed by atoms with E-state index in [0.29, 0.717) is 13.0 Å². The third kappa shape index (κ3) is 8.03. The summed E-state index contributed by atoms with van der Waals surface area (Å²) in [6.45, 7) is 1.91. The van der Waals surface area contributed by atoms with Crippen molar-refractivity contribution >= 4 is 11.3 Å². The van der Waals surface area contributed by atoms with Crippen LogP contribution in [0.2, 0.25) is 0 Å². The van der Waals surface area contributed by atoms with Gasteiger partial charge in [-0.25, -0.2) is 4.72 Å². The van der Waals surface area contributed by atoms with Crippen LogP contribution in [0, 0.1) is 0 Å². The van der Waals surface area contributed by atoms with Gasteiger partial charge in [0.25, 0.3) is 0 Å². The molecule has 0 heterocycles. The minimum atomic E-state index is -2.19. The second-order valence-electron chi connectivity index (χ2n) is 1.77. The van der Waals surface area contributed by atoms with Crippen molar-refractivity contribution in [3.05, 3.63) is 0 Å². The van der Waals surface area contributed by atoms with Gasteiger partial charge in [-0.15, -0.1) is 0 Å². The maximum absolute atomic E-state index is 9.79. The Morgan fingerprint density at radius 1 is 1.89 bits per heavy atom. The molecule has 5 heteroatoms. The molecule has 4 nitrogen and oxygen atoms in total. The Morgan fingerprint density at radius 2 is 2.44 bits per heavy atom. The molecule has 2 atom stereocenters. The summed E-state index contributed by atoms with van der Waals surface area (Å²) in [5.74, 6) is 0. The molecule has 0 spiro atoms. The Bertz CT molecular complexity index is 95.8. The lowest BCUT2D eigenvalue weighted by Gasteiger charge is -2.07. The highest BCUT2D eigenvalue weighted by Crippen LogP contribution is 1.85. The summed E-state index contributed by atoms with van der Waals surface area (Å²) in [4.78, 5) is 0. The predicted molar refractivity (Wildman–Crippen MR) is 33.2 cm³/mol. The van der Waals surface area contributed by atoms with Gasteiger partial charge in [0.05, 0.1) is 6.10 Å². The molecule has 0 aromatic rings.